The van der Waals surface area contributed by atoms with E-state index in [1.807, 2.05) is 0 Å². The van der Waals surface area contributed by atoms with Crippen molar-refractivity contribution in [2.45, 2.75) is 39.3 Å². The SMILES string of the molecule is COCc1cccc(NC(C)C2(C)CC2)c1. The molecule has 2 nitrogen and oxygen atoms in total. The van der Waals surface area contributed by atoms with Crippen molar-refractivity contribution in [1.82, 2.24) is 0 Å². The molecule has 0 saturated heterocycles. The lowest BCUT2D eigenvalue weighted by Crippen LogP contribution is -2.24. The van der Waals surface area contributed by atoms with Gasteiger partial charge in [-0.2, -0.15) is 0 Å². The van der Waals surface area contributed by atoms with E-state index < -0.39 is 0 Å². The van der Waals surface area contributed by atoms with Crippen LogP contribution in [0.1, 0.15) is 32.3 Å². The van der Waals surface area contributed by atoms with E-state index in [0.29, 0.717) is 18.1 Å². The van der Waals surface area contributed by atoms with Crippen LogP contribution in [0, 0.1) is 5.41 Å². The summed E-state index contributed by atoms with van der Waals surface area (Å²) in [6, 6.07) is 9.02. The molecule has 0 aromatic heterocycles. The highest BCUT2D eigenvalue weighted by Crippen LogP contribution is 2.48. The fraction of sp³-hybridized carbons (Fsp3) is 0.571. The Balaban J connectivity index is 2.00. The van der Waals surface area contributed by atoms with Gasteiger partial charge in [0.1, 0.15) is 0 Å². The first-order chi connectivity index (χ1) is 7.64. The van der Waals surface area contributed by atoms with Crippen molar-refractivity contribution in [1.29, 1.82) is 0 Å². The number of anilines is 1. The second-order valence-electron chi connectivity index (χ2n) is 5.15. The van der Waals surface area contributed by atoms with E-state index in [0.717, 1.165) is 0 Å². The fourth-order valence-corrected chi connectivity index (χ4v) is 1.97. The molecule has 1 atom stereocenters. The molecule has 0 spiro atoms. The second-order valence-corrected chi connectivity index (χ2v) is 5.15. The van der Waals surface area contributed by atoms with Crippen LogP contribution in [-0.4, -0.2) is 13.2 Å². The summed E-state index contributed by atoms with van der Waals surface area (Å²) in [6.07, 6.45) is 2.69. The highest BCUT2D eigenvalue weighted by molar-refractivity contribution is 5.47. The molecule has 1 aliphatic rings. The van der Waals surface area contributed by atoms with Gasteiger partial charge in [0.2, 0.25) is 0 Å². The number of rotatable bonds is 5. The maximum atomic E-state index is 5.14. The first-order valence-electron chi connectivity index (χ1n) is 5.98. The van der Waals surface area contributed by atoms with E-state index in [1.54, 1.807) is 7.11 Å². The van der Waals surface area contributed by atoms with Crippen LogP contribution < -0.4 is 5.32 Å². The van der Waals surface area contributed by atoms with Crippen LogP contribution >= 0.6 is 0 Å². The lowest BCUT2D eigenvalue weighted by atomic mass is 10.0. The van der Waals surface area contributed by atoms with Gasteiger partial charge in [-0.25, -0.2) is 0 Å². The van der Waals surface area contributed by atoms with Gasteiger partial charge >= 0.3 is 0 Å². The molecule has 1 aliphatic carbocycles. The van der Waals surface area contributed by atoms with Crippen LogP contribution in [0.5, 0.6) is 0 Å². The lowest BCUT2D eigenvalue weighted by molar-refractivity contribution is 0.185. The molecular weight excluding hydrogens is 198 g/mol. The summed E-state index contributed by atoms with van der Waals surface area (Å²) in [4.78, 5) is 0. The summed E-state index contributed by atoms with van der Waals surface area (Å²) < 4.78 is 5.14. The average molecular weight is 219 g/mol. The Morgan fingerprint density at radius 3 is 2.81 bits per heavy atom. The van der Waals surface area contributed by atoms with E-state index in [2.05, 4.69) is 43.4 Å². The molecular formula is C14H21NO. The molecule has 2 rings (SSSR count). The van der Waals surface area contributed by atoms with Crippen molar-refractivity contribution in [3.63, 3.8) is 0 Å². The van der Waals surface area contributed by atoms with E-state index in [1.165, 1.54) is 24.1 Å². The van der Waals surface area contributed by atoms with Gasteiger partial charge in [0, 0.05) is 18.8 Å². The molecule has 88 valence electrons. The first-order valence-corrected chi connectivity index (χ1v) is 5.98. The molecule has 1 aromatic carbocycles. The smallest absolute Gasteiger partial charge is 0.0713 e. The number of nitrogens with one attached hydrogen (secondary N) is 1. The van der Waals surface area contributed by atoms with Crippen LogP contribution in [0.2, 0.25) is 0 Å². The molecule has 0 aliphatic heterocycles. The Labute approximate surface area is 98.0 Å². The maximum Gasteiger partial charge on any atom is 0.0713 e. The number of benzene rings is 1. The van der Waals surface area contributed by atoms with Crippen LogP contribution in [0.4, 0.5) is 5.69 Å². The molecule has 0 radical (unpaired) electrons. The van der Waals surface area contributed by atoms with Crippen LogP contribution in [0.3, 0.4) is 0 Å². The Morgan fingerprint density at radius 1 is 1.44 bits per heavy atom. The Bertz CT molecular complexity index is 358. The molecule has 0 heterocycles. The molecule has 1 fully saturated rings. The van der Waals surface area contributed by atoms with E-state index in [-0.39, 0.29) is 0 Å². The predicted molar refractivity (Wildman–Crippen MR) is 67.6 cm³/mol. The van der Waals surface area contributed by atoms with Gasteiger partial charge in [-0.15, -0.1) is 0 Å². The third-order valence-corrected chi connectivity index (χ3v) is 3.71. The van der Waals surface area contributed by atoms with Crippen molar-refractivity contribution in [2.24, 2.45) is 5.41 Å². The quantitative estimate of drug-likeness (QED) is 0.819. The van der Waals surface area contributed by atoms with Gasteiger partial charge in [0.15, 0.2) is 0 Å². The molecule has 1 aromatic rings. The Kier molecular flexibility index (Phi) is 3.20. The molecule has 0 bridgehead atoms. The van der Waals surface area contributed by atoms with Gasteiger partial charge in [-0.1, -0.05) is 19.1 Å². The van der Waals surface area contributed by atoms with Gasteiger partial charge in [-0.3, -0.25) is 0 Å². The zero-order valence-corrected chi connectivity index (χ0v) is 10.4. The largest absolute Gasteiger partial charge is 0.382 e. The highest BCUT2D eigenvalue weighted by Gasteiger charge is 2.42. The van der Waals surface area contributed by atoms with E-state index >= 15 is 0 Å². The third-order valence-electron chi connectivity index (χ3n) is 3.71. The van der Waals surface area contributed by atoms with Crippen molar-refractivity contribution in [3.8, 4) is 0 Å². The van der Waals surface area contributed by atoms with Crippen LogP contribution in [0.25, 0.3) is 0 Å². The minimum atomic E-state index is 0.511. The molecule has 2 heteroatoms. The van der Waals surface area contributed by atoms with Gasteiger partial charge in [0.25, 0.3) is 0 Å². The monoisotopic (exact) mass is 219 g/mol. The Morgan fingerprint density at radius 2 is 2.19 bits per heavy atom. The standard InChI is InChI=1S/C14H21NO/c1-11(14(2)7-8-14)15-13-6-4-5-12(9-13)10-16-3/h4-6,9,11,15H,7-8,10H2,1-3H3. The first kappa shape index (κ1) is 11.5. The number of hydrogen-bond donors (Lipinski definition) is 1. The zero-order chi connectivity index (χ0) is 11.6. The van der Waals surface area contributed by atoms with Crippen LogP contribution in [0.15, 0.2) is 24.3 Å². The zero-order valence-electron chi connectivity index (χ0n) is 10.4. The summed E-state index contributed by atoms with van der Waals surface area (Å²) >= 11 is 0. The predicted octanol–water partition coefficient (Wildman–Crippen LogP) is 3.43. The van der Waals surface area contributed by atoms with Crippen molar-refractivity contribution in [3.05, 3.63) is 29.8 Å². The highest BCUT2D eigenvalue weighted by atomic mass is 16.5. The third kappa shape index (κ3) is 2.56. The average Bonchev–Trinajstić information content (AvgIpc) is 2.99. The summed E-state index contributed by atoms with van der Waals surface area (Å²) in [5.74, 6) is 0. The summed E-state index contributed by atoms with van der Waals surface area (Å²) in [6.45, 7) is 5.31. The maximum absolute atomic E-state index is 5.14. The molecule has 1 unspecified atom stereocenters. The van der Waals surface area contributed by atoms with E-state index in [4.69, 9.17) is 4.74 Å². The van der Waals surface area contributed by atoms with Gasteiger partial charge < -0.3 is 10.1 Å². The molecule has 1 saturated carbocycles. The lowest BCUT2D eigenvalue weighted by Gasteiger charge is -2.21. The number of ether oxygens (including phenoxy) is 1. The molecule has 0 amide bonds. The normalized spacial score (nSPS) is 19.2. The fourth-order valence-electron chi connectivity index (χ4n) is 1.97. The van der Waals surface area contributed by atoms with Gasteiger partial charge in [0.05, 0.1) is 6.61 Å². The minimum absolute atomic E-state index is 0.511. The summed E-state index contributed by atoms with van der Waals surface area (Å²) in [5.41, 5.74) is 2.94. The molecule has 16 heavy (non-hydrogen) atoms. The summed E-state index contributed by atoms with van der Waals surface area (Å²) in [5, 5.41) is 3.59. The second kappa shape index (κ2) is 4.46. The van der Waals surface area contributed by atoms with Crippen molar-refractivity contribution >= 4 is 5.69 Å². The Hall–Kier alpha value is -1.02. The van der Waals surface area contributed by atoms with Gasteiger partial charge in [-0.05, 0) is 42.9 Å². The van der Waals surface area contributed by atoms with Crippen molar-refractivity contribution < 1.29 is 4.74 Å². The topological polar surface area (TPSA) is 21.3 Å². The summed E-state index contributed by atoms with van der Waals surface area (Å²) in [7, 11) is 1.73. The number of hydrogen-bond acceptors (Lipinski definition) is 2. The number of methoxy groups -OCH3 is 1. The minimum Gasteiger partial charge on any atom is -0.382 e. The van der Waals surface area contributed by atoms with Crippen LogP contribution in [-0.2, 0) is 11.3 Å². The molecule has 1 N–H and O–H groups in total. The van der Waals surface area contributed by atoms with Crippen molar-refractivity contribution in [2.75, 3.05) is 12.4 Å². The van der Waals surface area contributed by atoms with E-state index in [9.17, 15) is 0 Å².